The van der Waals surface area contributed by atoms with E-state index in [0.717, 1.165) is 0 Å². The van der Waals surface area contributed by atoms with E-state index in [2.05, 4.69) is 20.0 Å². The van der Waals surface area contributed by atoms with Gasteiger partial charge in [0, 0.05) is 7.11 Å². The normalized spacial score (nSPS) is 9.33. The van der Waals surface area contributed by atoms with E-state index in [4.69, 9.17) is 4.43 Å². The monoisotopic (exact) mass is 150 g/mol. The van der Waals surface area contributed by atoms with Gasteiger partial charge in [0.1, 0.15) is 0 Å². The second-order valence-corrected chi connectivity index (χ2v) is 6.95. The van der Waals surface area contributed by atoms with Gasteiger partial charge in [-0.1, -0.05) is 21.8 Å². The van der Waals surface area contributed by atoms with Gasteiger partial charge < -0.3 is 4.43 Å². The molecule has 0 fully saturated rings. The lowest BCUT2D eigenvalue weighted by atomic mass is 11.0. The molecule has 1 nitrogen and oxygen atoms in total. The first-order valence-electron chi connectivity index (χ1n) is 2.67. The van der Waals surface area contributed by atoms with Crippen molar-refractivity contribution in [3.05, 3.63) is 0 Å². The lowest BCUT2D eigenvalue weighted by Gasteiger charge is -2.15. The first-order valence-corrected chi connectivity index (χ1v) is 5.79. The summed E-state index contributed by atoms with van der Waals surface area (Å²) in [5, 5.41) is 0. The summed E-state index contributed by atoms with van der Waals surface area (Å²) < 4.78 is 5.23. The molecular weight excluding hydrogens is 128 g/mol. The smallest absolute Gasteiger partial charge is 0.185 e. The molecule has 0 radical (unpaired) electrons. The maximum Gasteiger partial charge on any atom is 0.185 e. The minimum Gasteiger partial charge on any atom is -0.420 e. The zero-order valence-corrected chi connectivity index (χ0v) is 6.62. The van der Waals surface area contributed by atoms with Gasteiger partial charge in [-0.05, 0) is 19.1 Å². The number of hydrogen-bond donors (Lipinski definition) is 0. The van der Waals surface area contributed by atoms with Gasteiger partial charge in [0.05, 0.1) is 0 Å². The van der Waals surface area contributed by atoms with Gasteiger partial charge in [-0.3, -0.25) is 0 Å². The molecule has 0 bridgehead atoms. The number of hydrogen-bond acceptors (Lipinski definition) is 1. The van der Waals surface area contributed by atoms with Gasteiger partial charge >= 0.3 is 0 Å². The van der Waals surface area contributed by atoms with Crippen molar-refractivity contribution in [1.82, 2.24) is 0 Å². The van der Waals surface area contributed by atoms with Crippen molar-refractivity contribution in [3.8, 4) is 0 Å². The van der Waals surface area contributed by atoms with E-state index in [1.807, 2.05) is 0 Å². The minimum absolute atomic E-state index is 0. The molecule has 0 aromatic carbocycles. The fraction of sp³-hybridized carbons (Fsp3) is 1.00. The van der Waals surface area contributed by atoms with Crippen LogP contribution in [0.15, 0.2) is 0 Å². The van der Waals surface area contributed by atoms with Crippen molar-refractivity contribution >= 4 is 8.32 Å². The van der Waals surface area contributed by atoms with Crippen LogP contribution in [0, 0.1) is 0 Å². The summed E-state index contributed by atoms with van der Waals surface area (Å²) in [5.41, 5.74) is 0. The SMILES string of the molecule is C.C.CC[Si](C)(C)OC. The third kappa shape index (κ3) is 8.18. The first-order chi connectivity index (χ1) is 3.12. The molecule has 0 heterocycles. The van der Waals surface area contributed by atoms with Gasteiger partial charge in [0.25, 0.3) is 0 Å². The Hall–Kier alpha value is 0.177. The summed E-state index contributed by atoms with van der Waals surface area (Å²) in [6.07, 6.45) is 0. The fourth-order valence-electron chi connectivity index (χ4n) is 0.144. The van der Waals surface area contributed by atoms with Crippen LogP contribution >= 0.6 is 0 Å². The predicted molar refractivity (Wildman–Crippen MR) is 48.4 cm³/mol. The van der Waals surface area contributed by atoms with Crippen LogP contribution < -0.4 is 0 Å². The summed E-state index contributed by atoms with van der Waals surface area (Å²) in [4.78, 5) is 0. The van der Waals surface area contributed by atoms with Crippen molar-refractivity contribution in [2.24, 2.45) is 0 Å². The molecule has 0 saturated heterocycles. The second kappa shape index (κ2) is 6.30. The standard InChI is InChI=1S/C5H14OSi.2CH4/c1-5-7(3,4)6-2;;/h5H2,1-4H3;2*1H4. The van der Waals surface area contributed by atoms with E-state index in [-0.39, 0.29) is 14.9 Å². The summed E-state index contributed by atoms with van der Waals surface area (Å²) >= 11 is 0. The van der Waals surface area contributed by atoms with Crippen LogP contribution in [0.25, 0.3) is 0 Å². The molecule has 0 atom stereocenters. The molecule has 0 aliphatic heterocycles. The van der Waals surface area contributed by atoms with Crippen LogP contribution in [0.1, 0.15) is 21.8 Å². The highest BCUT2D eigenvalue weighted by molar-refractivity contribution is 6.70. The Morgan fingerprint density at radius 1 is 1.22 bits per heavy atom. The van der Waals surface area contributed by atoms with Crippen LogP contribution in [0.3, 0.4) is 0 Å². The first kappa shape index (κ1) is 16.1. The molecule has 0 aromatic heterocycles. The third-order valence-electron chi connectivity index (χ3n) is 1.40. The molecule has 0 aliphatic rings. The van der Waals surface area contributed by atoms with Crippen molar-refractivity contribution in [1.29, 1.82) is 0 Å². The van der Waals surface area contributed by atoms with Crippen molar-refractivity contribution in [2.75, 3.05) is 7.11 Å². The van der Waals surface area contributed by atoms with E-state index in [1.165, 1.54) is 6.04 Å². The average molecular weight is 150 g/mol. The molecule has 0 N–H and O–H groups in total. The maximum absolute atomic E-state index is 5.23. The van der Waals surface area contributed by atoms with E-state index < -0.39 is 8.32 Å². The molecule has 9 heavy (non-hydrogen) atoms. The lowest BCUT2D eigenvalue weighted by molar-refractivity contribution is 0.405. The van der Waals surface area contributed by atoms with E-state index in [1.54, 1.807) is 7.11 Å². The lowest BCUT2D eigenvalue weighted by Crippen LogP contribution is -2.26. The Kier molecular flexibility index (Phi) is 11.3. The Bertz CT molecular complexity index is 46.9. The highest BCUT2D eigenvalue weighted by atomic mass is 28.4. The molecule has 0 unspecified atom stereocenters. The summed E-state index contributed by atoms with van der Waals surface area (Å²) in [6.45, 7) is 6.61. The van der Waals surface area contributed by atoms with Gasteiger partial charge in [-0.15, -0.1) is 0 Å². The molecule has 0 rings (SSSR count). The number of rotatable bonds is 2. The Morgan fingerprint density at radius 2 is 1.56 bits per heavy atom. The van der Waals surface area contributed by atoms with Crippen LogP contribution in [0.4, 0.5) is 0 Å². The second-order valence-electron chi connectivity index (χ2n) is 2.32. The molecule has 0 saturated carbocycles. The topological polar surface area (TPSA) is 9.23 Å². The van der Waals surface area contributed by atoms with Crippen molar-refractivity contribution in [2.45, 2.75) is 40.9 Å². The molecule has 60 valence electrons. The molecular formula is C7H22OSi. The van der Waals surface area contributed by atoms with Gasteiger partial charge in [0.2, 0.25) is 0 Å². The van der Waals surface area contributed by atoms with Crippen LogP contribution in [0.2, 0.25) is 19.1 Å². The largest absolute Gasteiger partial charge is 0.420 e. The van der Waals surface area contributed by atoms with Gasteiger partial charge in [-0.25, -0.2) is 0 Å². The molecule has 0 spiro atoms. The minimum atomic E-state index is -1.15. The highest BCUT2D eigenvalue weighted by Gasteiger charge is 2.15. The zero-order chi connectivity index (χ0) is 5.91. The van der Waals surface area contributed by atoms with Crippen molar-refractivity contribution < 1.29 is 4.43 Å². The third-order valence-corrected chi connectivity index (χ3v) is 4.21. The quantitative estimate of drug-likeness (QED) is 0.550. The highest BCUT2D eigenvalue weighted by Crippen LogP contribution is 2.06. The van der Waals surface area contributed by atoms with E-state index >= 15 is 0 Å². The van der Waals surface area contributed by atoms with Crippen LogP contribution in [-0.2, 0) is 4.43 Å². The molecule has 0 aliphatic carbocycles. The van der Waals surface area contributed by atoms with Crippen molar-refractivity contribution in [3.63, 3.8) is 0 Å². The maximum atomic E-state index is 5.23. The Labute approximate surface area is 61.6 Å². The molecule has 2 heteroatoms. The summed E-state index contributed by atoms with van der Waals surface area (Å²) in [5.74, 6) is 0. The van der Waals surface area contributed by atoms with Crippen LogP contribution in [0.5, 0.6) is 0 Å². The average Bonchev–Trinajstić information content (AvgIpc) is 1.68. The predicted octanol–water partition coefficient (Wildman–Crippen LogP) is 3.13. The van der Waals surface area contributed by atoms with Gasteiger partial charge in [0.15, 0.2) is 8.32 Å². The fourth-order valence-corrected chi connectivity index (χ4v) is 0.433. The summed E-state index contributed by atoms with van der Waals surface area (Å²) in [7, 11) is 0.650. The Morgan fingerprint density at radius 3 is 1.56 bits per heavy atom. The molecule has 0 amide bonds. The summed E-state index contributed by atoms with van der Waals surface area (Å²) in [6, 6.07) is 1.21. The molecule has 0 aromatic rings. The van der Waals surface area contributed by atoms with E-state index in [0.29, 0.717) is 0 Å². The van der Waals surface area contributed by atoms with Gasteiger partial charge in [-0.2, -0.15) is 0 Å². The Balaban J connectivity index is -0.000000180. The zero-order valence-electron chi connectivity index (χ0n) is 5.62. The van der Waals surface area contributed by atoms with Crippen LogP contribution in [-0.4, -0.2) is 15.4 Å². The van der Waals surface area contributed by atoms with E-state index in [9.17, 15) is 0 Å².